The lowest BCUT2D eigenvalue weighted by molar-refractivity contribution is -0.480. The molecular formula is C21H20F6N2O6. The van der Waals surface area contributed by atoms with E-state index in [0.29, 0.717) is 0 Å². The van der Waals surface area contributed by atoms with Crippen molar-refractivity contribution in [1.29, 1.82) is 0 Å². The van der Waals surface area contributed by atoms with Crippen molar-refractivity contribution in [2.75, 3.05) is 14.2 Å². The summed E-state index contributed by atoms with van der Waals surface area (Å²) < 4.78 is 103. The van der Waals surface area contributed by atoms with Gasteiger partial charge in [0.05, 0.1) is 14.2 Å². The Balaban J connectivity index is 2.65. The van der Waals surface area contributed by atoms with Gasteiger partial charge in [0.15, 0.2) is 12.2 Å². The van der Waals surface area contributed by atoms with Crippen LogP contribution in [0.2, 0.25) is 0 Å². The van der Waals surface area contributed by atoms with Gasteiger partial charge in [0.25, 0.3) is 11.8 Å². The third-order valence-corrected chi connectivity index (χ3v) is 4.67. The fourth-order valence-corrected chi connectivity index (χ4v) is 2.93. The maximum absolute atomic E-state index is 14.1. The average Bonchev–Trinajstić information content (AvgIpc) is 2.77. The number of primary amides is 2. The minimum Gasteiger partial charge on any atom is -0.497 e. The average molecular weight is 510 g/mol. The number of ether oxygens (including phenoxy) is 4. The molecule has 2 aromatic carbocycles. The van der Waals surface area contributed by atoms with E-state index in [2.05, 4.69) is 9.47 Å². The number of halogens is 6. The first-order valence-electron chi connectivity index (χ1n) is 9.52. The van der Waals surface area contributed by atoms with Gasteiger partial charge in [-0.05, 0) is 35.4 Å². The van der Waals surface area contributed by atoms with Crippen molar-refractivity contribution in [3.8, 4) is 11.5 Å². The first-order valence-corrected chi connectivity index (χ1v) is 9.52. The molecule has 0 saturated carbocycles. The van der Waals surface area contributed by atoms with Crippen molar-refractivity contribution >= 4 is 11.8 Å². The molecule has 35 heavy (non-hydrogen) atoms. The zero-order valence-corrected chi connectivity index (χ0v) is 18.1. The van der Waals surface area contributed by atoms with Crippen molar-refractivity contribution in [3.63, 3.8) is 0 Å². The van der Waals surface area contributed by atoms with Crippen LogP contribution in [-0.4, -0.2) is 44.2 Å². The van der Waals surface area contributed by atoms with Gasteiger partial charge in [-0.3, -0.25) is 9.59 Å². The Morgan fingerprint density at radius 2 is 0.943 bits per heavy atom. The van der Waals surface area contributed by atoms with E-state index in [1.165, 1.54) is 14.2 Å². The zero-order valence-electron chi connectivity index (χ0n) is 18.1. The second kappa shape index (κ2) is 10.4. The molecule has 2 unspecified atom stereocenters. The molecule has 2 atom stereocenters. The molecule has 0 bridgehead atoms. The monoisotopic (exact) mass is 510 g/mol. The van der Waals surface area contributed by atoms with Gasteiger partial charge in [-0.15, -0.1) is 0 Å². The summed E-state index contributed by atoms with van der Waals surface area (Å²) in [6, 6.07) is 8.51. The van der Waals surface area contributed by atoms with E-state index in [9.17, 15) is 35.9 Å². The molecule has 0 radical (unpaired) electrons. The van der Waals surface area contributed by atoms with Crippen molar-refractivity contribution < 1.29 is 54.9 Å². The summed E-state index contributed by atoms with van der Waals surface area (Å²) in [4.78, 5) is 23.8. The normalized spacial score (nSPS) is 14.2. The van der Waals surface area contributed by atoms with Gasteiger partial charge < -0.3 is 30.4 Å². The highest BCUT2D eigenvalue weighted by Crippen LogP contribution is 2.51. The van der Waals surface area contributed by atoms with Crippen LogP contribution in [-0.2, 0) is 19.1 Å². The van der Waals surface area contributed by atoms with Crippen LogP contribution < -0.4 is 20.9 Å². The molecule has 8 nitrogen and oxygen atoms in total. The second-order valence-corrected chi connectivity index (χ2v) is 6.96. The first-order chi connectivity index (χ1) is 16.2. The molecule has 192 valence electrons. The second-order valence-electron chi connectivity index (χ2n) is 6.96. The highest BCUT2D eigenvalue weighted by atomic mass is 19.4. The fraction of sp³-hybridized carbons (Fsp3) is 0.333. The SMILES string of the molecule is COc1ccc(C(OC(OC(C(N)=O)c2ccc(OC)cc2)(C(F)(F)F)C(F)(F)F)C(N)=O)cc1. The van der Waals surface area contributed by atoms with E-state index in [0.717, 1.165) is 48.5 Å². The number of amides is 2. The number of nitrogens with two attached hydrogens (primary N) is 2. The van der Waals surface area contributed by atoms with Crippen LogP contribution >= 0.6 is 0 Å². The minimum atomic E-state index is -6.36. The summed E-state index contributed by atoms with van der Waals surface area (Å²) in [5.41, 5.74) is 9.21. The molecule has 4 N–H and O–H groups in total. The van der Waals surface area contributed by atoms with E-state index < -0.39 is 53.3 Å². The smallest absolute Gasteiger partial charge is 0.453 e. The molecule has 2 amide bonds. The van der Waals surface area contributed by atoms with Crippen molar-refractivity contribution in [3.05, 3.63) is 59.7 Å². The van der Waals surface area contributed by atoms with Crippen molar-refractivity contribution in [2.24, 2.45) is 11.5 Å². The highest BCUT2D eigenvalue weighted by molar-refractivity contribution is 5.81. The number of alkyl halides is 6. The molecule has 0 aliphatic rings. The number of carbonyl (C=O) groups is 2. The van der Waals surface area contributed by atoms with Gasteiger partial charge in [-0.25, -0.2) is 0 Å². The van der Waals surface area contributed by atoms with Crippen LogP contribution in [0.3, 0.4) is 0 Å². The molecule has 0 aliphatic carbocycles. The Hall–Kier alpha value is -3.52. The summed E-state index contributed by atoms with van der Waals surface area (Å²) in [6.45, 7) is 0. The maximum atomic E-state index is 14.1. The molecule has 2 rings (SSSR count). The molecular weight excluding hydrogens is 490 g/mol. The molecule has 14 heteroatoms. The lowest BCUT2D eigenvalue weighted by Crippen LogP contribution is -2.62. The topological polar surface area (TPSA) is 123 Å². The predicted molar refractivity (Wildman–Crippen MR) is 107 cm³/mol. The van der Waals surface area contributed by atoms with E-state index in [1.807, 2.05) is 0 Å². The maximum Gasteiger partial charge on any atom is 0.453 e. The van der Waals surface area contributed by atoms with E-state index in [4.69, 9.17) is 20.9 Å². The summed E-state index contributed by atoms with van der Waals surface area (Å²) in [5.74, 6) is -8.52. The highest BCUT2D eigenvalue weighted by Gasteiger charge is 2.76. The Labute approximate surface area is 194 Å². The van der Waals surface area contributed by atoms with Gasteiger partial charge in [0, 0.05) is 0 Å². The van der Waals surface area contributed by atoms with Crippen LogP contribution in [0, 0.1) is 0 Å². The molecule has 0 heterocycles. The number of benzene rings is 2. The number of hydrogen-bond donors (Lipinski definition) is 2. The number of rotatable bonds is 10. The molecule has 0 aliphatic heterocycles. The fourth-order valence-electron chi connectivity index (χ4n) is 2.93. The third-order valence-electron chi connectivity index (χ3n) is 4.67. The molecule has 0 saturated heterocycles. The largest absolute Gasteiger partial charge is 0.497 e. The summed E-state index contributed by atoms with van der Waals surface area (Å²) >= 11 is 0. The molecule has 0 aromatic heterocycles. The lowest BCUT2D eigenvalue weighted by atomic mass is 10.1. The Morgan fingerprint density at radius 1 is 0.657 bits per heavy atom. The van der Waals surface area contributed by atoms with Gasteiger partial charge in [-0.2, -0.15) is 26.3 Å². The van der Waals surface area contributed by atoms with Crippen LogP contribution in [0.15, 0.2) is 48.5 Å². The quantitative estimate of drug-likeness (QED) is 0.374. The Bertz CT molecular complexity index is 941. The predicted octanol–water partition coefficient (Wildman–Crippen LogP) is 3.31. The lowest BCUT2D eigenvalue weighted by Gasteiger charge is -2.40. The van der Waals surface area contributed by atoms with Gasteiger partial charge in [-0.1, -0.05) is 24.3 Å². The minimum absolute atomic E-state index is 0.180. The zero-order chi connectivity index (χ0) is 26.6. The summed E-state index contributed by atoms with van der Waals surface area (Å²) in [7, 11) is 2.51. The standard InChI is InChI=1S/C21H20F6N2O6/c1-32-13-7-3-11(4-8-13)15(17(28)30)34-19(20(22,23)24,21(25,26)27)35-16(18(29)31)12-5-9-14(33-2)10-6-12/h3-10,15-16H,1-2H3,(H2,28,30)(H2,29,31). The molecule has 0 spiro atoms. The van der Waals surface area contributed by atoms with Crippen molar-refractivity contribution in [2.45, 2.75) is 30.3 Å². The van der Waals surface area contributed by atoms with Crippen LogP contribution in [0.25, 0.3) is 0 Å². The van der Waals surface area contributed by atoms with Crippen LogP contribution in [0.5, 0.6) is 11.5 Å². The van der Waals surface area contributed by atoms with Crippen LogP contribution in [0.1, 0.15) is 23.3 Å². The van der Waals surface area contributed by atoms with Crippen molar-refractivity contribution in [1.82, 2.24) is 0 Å². The van der Waals surface area contributed by atoms with Gasteiger partial charge >= 0.3 is 18.1 Å². The molecule has 0 fully saturated rings. The Kier molecular flexibility index (Phi) is 8.23. The van der Waals surface area contributed by atoms with Gasteiger partial charge in [0.1, 0.15) is 11.5 Å². The number of hydrogen-bond acceptors (Lipinski definition) is 6. The third kappa shape index (κ3) is 5.95. The molecule has 2 aromatic rings. The van der Waals surface area contributed by atoms with Crippen LogP contribution in [0.4, 0.5) is 26.3 Å². The number of carbonyl (C=O) groups excluding carboxylic acids is 2. The first kappa shape index (κ1) is 27.7. The van der Waals surface area contributed by atoms with E-state index in [-0.39, 0.29) is 11.5 Å². The summed E-state index contributed by atoms with van der Waals surface area (Å²) in [5, 5.41) is 0. The van der Waals surface area contributed by atoms with E-state index >= 15 is 0 Å². The van der Waals surface area contributed by atoms with E-state index in [1.54, 1.807) is 0 Å². The van der Waals surface area contributed by atoms with Gasteiger partial charge in [0.2, 0.25) is 0 Å². The number of methoxy groups -OCH3 is 2. The Morgan fingerprint density at radius 3 is 1.14 bits per heavy atom. The summed E-state index contributed by atoms with van der Waals surface area (Å²) in [6.07, 6.45) is -17.9.